The van der Waals surface area contributed by atoms with E-state index in [0.29, 0.717) is 6.42 Å². The van der Waals surface area contributed by atoms with Crippen LogP contribution in [0.1, 0.15) is 19.8 Å². The summed E-state index contributed by atoms with van der Waals surface area (Å²) in [5, 5.41) is 8.34. The molecule has 0 aliphatic heterocycles. The van der Waals surface area contributed by atoms with Crippen molar-refractivity contribution < 1.29 is 9.90 Å². The van der Waals surface area contributed by atoms with Crippen molar-refractivity contribution in [2.24, 2.45) is 0 Å². The van der Waals surface area contributed by atoms with Gasteiger partial charge in [-0.15, -0.1) is 0 Å². The summed E-state index contributed by atoms with van der Waals surface area (Å²) in [5.74, 6) is 0. The Morgan fingerprint density at radius 3 is 2.50 bits per heavy atom. The maximum atomic E-state index is 9.78. The third kappa shape index (κ3) is 2.39. The van der Waals surface area contributed by atoms with Crippen LogP contribution in [0.3, 0.4) is 0 Å². The first-order valence-electron chi connectivity index (χ1n) is 2.61. The minimum atomic E-state index is 0.354. The molecule has 2 nitrogen and oxygen atoms in total. The van der Waals surface area contributed by atoms with E-state index >= 15 is 0 Å². The summed E-state index contributed by atoms with van der Waals surface area (Å²) in [6.45, 7) is 1.89. The fraction of sp³-hybridized carbons (Fsp3) is 0.500. The normalized spacial score (nSPS) is 11.4. The van der Waals surface area contributed by atoms with Gasteiger partial charge in [-0.25, -0.2) is 0 Å². The number of carbonyl (C=O) groups is 1. The van der Waals surface area contributed by atoms with Gasteiger partial charge in [-0.05, 0) is 12.0 Å². The zero-order chi connectivity index (χ0) is 6.41. The number of rotatable bonds is 3. The molecule has 1 N–H and O–H groups in total. The van der Waals surface area contributed by atoms with E-state index < -0.39 is 0 Å². The minimum absolute atomic E-state index is 0.354. The fourth-order valence-electron chi connectivity index (χ4n) is 0.395. The van der Waals surface area contributed by atoms with Gasteiger partial charge in [0.25, 0.3) is 0 Å². The molecule has 0 unspecified atom stereocenters. The average molecular weight is 114 g/mol. The van der Waals surface area contributed by atoms with Crippen LogP contribution < -0.4 is 0 Å². The average Bonchev–Trinajstić information content (AvgIpc) is 1.83. The molecule has 0 aromatic rings. The van der Waals surface area contributed by atoms with Crippen molar-refractivity contribution in [2.75, 3.05) is 0 Å². The Morgan fingerprint density at radius 1 is 1.75 bits per heavy atom. The molecule has 0 aliphatic carbocycles. The molecule has 2 heteroatoms. The maximum Gasteiger partial charge on any atom is 0.124 e. The van der Waals surface area contributed by atoms with Crippen molar-refractivity contribution in [3.63, 3.8) is 0 Å². The van der Waals surface area contributed by atoms with Gasteiger partial charge in [0, 0.05) is 6.42 Å². The zero-order valence-electron chi connectivity index (χ0n) is 4.92. The molecule has 0 aromatic heterocycles. The van der Waals surface area contributed by atoms with Crippen molar-refractivity contribution >= 4 is 6.29 Å². The van der Waals surface area contributed by atoms with Crippen molar-refractivity contribution in [1.29, 1.82) is 0 Å². The summed E-state index contributed by atoms with van der Waals surface area (Å²) in [6, 6.07) is 0. The Bertz CT molecular complexity index is 94.7. The highest BCUT2D eigenvalue weighted by atomic mass is 16.2. The molecule has 0 radical (unpaired) electrons. The van der Waals surface area contributed by atoms with E-state index in [1.54, 1.807) is 0 Å². The van der Waals surface area contributed by atoms with E-state index in [4.69, 9.17) is 5.11 Å². The number of allylic oxidation sites excluding steroid dienone is 1. The summed E-state index contributed by atoms with van der Waals surface area (Å²) in [7, 11) is 0. The summed E-state index contributed by atoms with van der Waals surface area (Å²) in [5.41, 5.74) is 0.778. The van der Waals surface area contributed by atoms with Gasteiger partial charge in [-0.1, -0.05) is 6.92 Å². The van der Waals surface area contributed by atoms with E-state index in [1.807, 2.05) is 6.92 Å². The van der Waals surface area contributed by atoms with Gasteiger partial charge in [0.2, 0.25) is 0 Å². The first-order valence-corrected chi connectivity index (χ1v) is 2.61. The van der Waals surface area contributed by atoms with Crippen LogP contribution in [-0.4, -0.2) is 11.4 Å². The van der Waals surface area contributed by atoms with Crippen molar-refractivity contribution in [3.05, 3.63) is 11.8 Å². The van der Waals surface area contributed by atoms with Crippen molar-refractivity contribution in [3.8, 4) is 0 Å². The molecule has 0 atom stereocenters. The number of hydrogen-bond acceptors (Lipinski definition) is 2. The third-order valence-corrected chi connectivity index (χ3v) is 0.982. The number of aldehydes is 1. The van der Waals surface area contributed by atoms with Crippen LogP contribution in [0.25, 0.3) is 0 Å². The van der Waals surface area contributed by atoms with Gasteiger partial charge in [0.1, 0.15) is 6.29 Å². The van der Waals surface area contributed by atoms with Gasteiger partial charge in [0.15, 0.2) is 0 Å². The first-order chi connectivity index (χ1) is 3.85. The monoisotopic (exact) mass is 114 g/mol. The van der Waals surface area contributed by atoms with Crippen LogP contribution in [-0.2, 0) is 4.79 Å². The first kappa shape index (κ1) is 7.21. The lowest BCUT2D eigenvalue weighted by Gasteiger charge is -1.91. The lowest BCUT2D eigenvalue weighted by Crippen LogP contribution is -1.81. The Labute approximate surface area is 48.8 Å². The predicted octanol–water partition coefficient (Wildman–Crippen LogP) is 1.43. The molecule has 8 heavy (non-hydrogen) atoms. The smallest absolute Gasteiger partial charge is 0.124 e. The summed E-state index contributed by atoms with van der Waals surface area (Å²) >= 11 is 0. The number of aliphatic hydroxyl groups excluding tert-OH is 1. The van der Waals surface area contributed by atoms with E-state index in [0.717, 1.165) is 24.5 Å². The van der Waals surface area contributed by atoms with Crippen LogP contribution in [0.4, 0.5) is 0 Å². The quantitative estimate of drug-likeness (QED) is 0.445. The number of carbonyl (C=O) groups excluding carboxylic acids is 1. The molecule has 0 spiro atoms. The van der Waals surface area contributed by atoms with E-state index in [9.17, 15) is 4.79 Å². The second-order valence-corrected chi connectivity index (χ2v) is 1.51. The SMILES string of the molecule is CCC(=CO)CC=O. The third-order valence-electron chi connectivity index (χ3n) is 0.982. The van der Waals surface area contributed by atoms with Crippen molar-refractivity contribution in [1.82, 2.24) is 0 Å². The van der Waals surface area contributed by atoms with Crippen LogP contribution in [0.15, 0.2) is 11.8 Å². The molecule has 0 bridgehead atoms. The second kappa shape index (κ2) is 4.37. The molecule has 0 aliphatic rings. The maximum absolute atomic E-state index is 9.78. The van der Waals surface area contributed by atoms with Gasteiger partial charge in [-0.3, -0.25) is 0 Å². The van der Waals surface area contributed by atoms with Crippen LogP contribution >= 0.6 is 0 Å². The van der Waals surface area contributed by atoms with E-state index in [-0.39, 0.29) is 0 Å². The topological polar surface area (TPSA) is 37.3 Å². The second-order valence-electron chi connectivity index (χ2n) is 1.51. The lowest BCUT2D eigenvalue weighted by molar-refractivity contribution is -0.107. The molecule has 46 valence electrons. The van der Waals surface area contributed by atoms with Crippen molar-refractivity contribution in [2.45, 2.75) is 19.8 Å². The van der Waals surface area contributed by atoms with Gasteiger partial charge < -0.3 is 9.90 Å². The summed E-state index contributed by atoms with van der Waals surface area (Å²) < 4.78 is 0. The Morgan fingerprint density at radius 2 is 2.38 bits per heavy atom. The number of aliphatic hydroxyl groups is 1. The molecular weight excluding hydrogens is 104 g/mol. The Kier molecular flexibility index (Phi) is 3.94. The molecule has 0 rings (SSSR count). The largest absolute Gasteiger partial charge is 0.516 e. The molecule has 0 saturated carbocycles. The van der Waals surface area contributed by atoms with E-state index in [2.05, 4.69) is 0 Å². The fourth-order valence-corrected chi connectivity index (χ4v) is 0.395. The van der Waals surface area contributed by atoms with Crippen LogP contribution in [0, 0.1) is 0 Å². The zero-order valence-corrected chi connectivity index (χ0v) is 4.92. The minimum Gasteiger partial charge on any atom is -0.516 e. The number of hydrogen-bond donors (Lipinski definition) is 1. The molecular formula is C6H10O2. The summed E-state index contributed by atoms with van der Waals surface area (Å²) in [4.78, 5) is 9.78. The van der Waals surface area contributed by atoms with Crippen LogP contribution in [0.2, 0.25) is 0 Å². The highest BCUT2D eigenvalue weighted by Crippen LogP contribution is 2.00. The molecule has 0 fully saturated rings. The predicted molar refractivity (Wildman–Crippen MR) is 31.7 cm³/mol. The highest BCUT2D eigenvalue weighted by molar-refractivity contribution is 5.53. The Balaban J connectivity index is 3.53. The van der Waals surface area contributed by atoms with E-state index in [1.165, 1.54) is 0 Å². The molecule has 0 aromatic carbocycles. The van der Waals surface area contributed by atoms with Gasteiger partial charge >= 0.3 is 0 Å². The molecule has 0 amide bonds. The Hall–Kier alpha value is -0.790. The van der Waals surface area contributed by atoms with Gasteiger partial charge in [-0.2, -0.15) is 0 Å². The molecule has 0 heterocycles. The van der Waals surface area contributed by atoms with Gasteiger partial charge in [0.05, 0.1) is 6.26 Å². The summed E-state index contributed by atoms with van der Waals surface area (Å²) in [6.07, 6.45) is 2.88. The molecule has 0 saturated heterocycles. The van der Waals surface area contributed by atoms with Crippen LogP contribution in [0.5, 0.6) is 0 Å². The lowest BCUT2D eigenvalue weighted by atomic mass is 10.2. The highest BCUT2D eigenvalue weighted by Gasteiger charge is 1.88. The standard InChI is InChI=1S/C6H10O2/c1-2-6(5-8)3-4-7/h4-5,8H,2-3H2,1H3.